The fourth-order valence-electron chi connectivity index (χ4n) is 1.89. The van der Waals surface area contributed by atoms with Gasteiger partial charge in [-0.1, -0.05) is 29.8 Å². The van der Waals surface area contributed by atoms with Crippen LogP contribution in [0.5, 0.6) is 0 Å². The third kappa shape index (κ3) is 3.14. The number of nitrogens with two attached hydrogens (primary N) is 1. The number of nitrogens with zero attached hydrogens (tertiary/aromatic N) is 1. The van der Waals surface area contributed by atoms with Crippen LogP contribution in [0.1, 0.15) is 28.4 Å². The Labute approximate surface area is 103 Å². The van der Waals surface area contributed by atoms with E-state index < -0.39 is 0 Å². The summed E-state index contributed by atoms with van der Waals surface area (Å²) in [6, 6.07) is 12.6. The van der Waals surface area contributed by atoms with E-state index in [1.165, 1.54) is 11.1 Å². The minimum absolute atomic E-state index is 0.0411. The molecule has 0 spiro atoms. The van der Waals surface area contributed by atoms with Gasteiger partial charge in [-0.2, -0.15) is 0 Å². The lowest BCUT2D eigenvalue weighted by molar-refractivity contribution is 0.719. The van der Waals surface area contributed by atoms with Gasteiger partial charge >= 0.3 is 0 Å². The molecule has 1 unspecified atom stereocenters. The first kappa shape index (κ1) is 11.8. The quantitative estimate of drug-likeness (QED) is 0.874. The Kier molecular flexibility index (Phi) is 3.55. The van der Waals surface area contributed by atoms with E-state index in [0.29, 0.717) is 0 Å². The molecule has 2 aromatic rings. The van der Waals surface area contributed by atoms with Gasteiger partial charge in [-0.25, -0.2) is 0 Å². The molecule has 0 saturated heterocycles. The topological polar surface area (TPSA) is 38.9 Å². The molecule has 0 aliphatic rings. The molecule has 2 nitrogen and oxygen atoms in total. The van der Waals surface area contributed by atoms with Crippen molar-refractivity contribution in [3.8, 4) is 0 Å². The molecule has 1 aromatic carbocycles. The fourth-order valence-corrected chi connectivity index (χ4v) is 1.89. The molecular formula is C15H18N2. The molecule has 2 heteroatoms. The number of hydrogen-bond donors (Lipinski definition) is 1. The first-order valence-corrected chi connectivity index (χ1v) is 5.89. The zero-order valence-corrected chi connectivity index (χ0v) is 10.4. The Hall–Kier alpha value is -1.67. The third-order valence-corrected chi connectivity index (χ3v) is 2.93. The summed E-state index contributed by atoms with van der Waals surface area (Å²) in [7, 11) is 0. The Morgan fingerprint density at radius 1 is 1.12 bits per heavy atom. The summed E-state index contributed by atoms with van der Waals surface area (Å²) >= 11 is 0. The molecule has 0 saturated carbocycles. The number of aryl methyl sites for hydroxylation is 2. The first-order chi connectivity index (χ1) is 8.15. The van der Waals surface area contributed by atoms with Crippen LogP contribution in [-0.2, 0) is 6.42 Å². The average Bonchev–Trinajstić information content (AvgIpc) is 2.32. The van der Waals surface area contributed by atoms with Gasteiger partial charge in [-0.05, 0) is 43.5 Å². The fraction of sp³-hybridized carbons (Fsp3) is 0.267. The maximum absolute atomic E-state index is 6.21. The van der Waals surface area contributed by atoms with E-state index in [9.17, 15) is 0 Å². The summed E-state index contributed by atoms with van der Waals surface area (Å²) in [6.45, 7) is 4.08. The van der Waals surface area contributed by atoms with Crippen LogP contribution in [-0.4, -0.2) is 4.98 Å². The molecule has 0 aliphatic heterocycles. The summed E-state index contributed by atoms with van der Waals surface area (Å²) in [6.07, 6.45) is 2.68. The maximum atomic E-state index is 6.21. The highest BCUT2D eigenvalue weighted by Gasteiger charge is 2.07. The van der Waals surface area contributed by atoms with E-state index >= 15 is 0 Å². The van der Waals surface area contributed by atoms with Crippen LogP contribution in [0.25, 0.3) is 0 Å². The molecule has 0 fully saturated rings. The molecule has 1 atom stereocenters. The second kappa shape index (κ2) is 5.11. The average molecular weight is 226 g/mol. The third-order valence-electron chi connectivity index (χ3n) is 2.93. The second-order valence-corrected chi connectivity index (χ2v) is 4.53. The lowest BCUT2D eigenvalue weighted by atomic mass is 9.99. The van der Waals surface area contributed by atoms with Gasteiger partial charge in [0.2, 0.25) is 0 Å². The first-order valence-electron chi connectivity index (χ1n) is 5.89. The van der Waals surface area contributed by atoms with Gasteiger partial charge in [0.25, 0.3) is 0 Å². The molecule has 17 heavy (non-hydrogen) atoms. The molecule has 1 heterocycles. The predicted molar refractivity (Wildman–Crippen MR) is 70.8 cm³/mol. The summed E-state index contributed by atoms with van der Waals surface area (Å²) in [5.41, 5.74) is 10.9. The van der Waals surface area contributed by atoms with Crippen LogP contribution in [0.15, 0.2) is 42.6 Å². The Morgan fingerprint density at radius 3 is 2.47 bits per heavy atom. The smallest absolute Gasteiger partial charge is 0.0375 e. The van der Waals surface area contributed by atoms with Crippen molar-refractivity contribution in [2.75, 3.05) is 0 Å². The molecule has 2 rings (SSSR count). The number of pyridine rings is 1. The SMILES string of the molecule is Cc1ccc(CC(N)c2ccnc(C)c2)cc1. The maximum Gasteiger partial charge on any atom is 0.0375 e. The van der Waals surface area contributed by atoms with E-state index in [2.05, 4.69) is 42.2 Å². The predicted octanol–water partition coefficient (Wildman–Crippen LogP) is 2.94. The largest absolute Gasteiger partial charge is 0.324 e. The minimum Gasteiger partial charge on any atom is -0.324 e. The summed E-state index contributed by atoms with van der Waals surface area (Å²) in [5, 5.41) is 0. The van der Waals surface area contributed by atoms with Crippen molar-refractivity contribution < 1.29 is 0 Å². The number of aromatic nitrogens is 1. The van der Waals surface area contributed by atoms with E-state index in [0.717, 1.165) is 17.7 Å². The normalized spacial score (nSPS) is 12.4. The summed E-state index contributed by atoms with van der Waals surface area (Å²) < 4.78 is 0. The van der Waals surface area contributed by atoms with Gasteiger partial charge in [0.15, 0.2) is 0 Å². The van der Waals surface area contributed by atoms with Crippen LogP contribution in [0.3, 0.4) is 0 Å². The molecule has 0 bridgehead atoms. The van der Waals surface area contributed by atoms with Gasteiger partial charge in [-0.15, -0.1) is 0 Å². The highest BCUT2D eigenvalue weighted by Crippen LogP contribution is 2.16. The van der Waals surface area contributed by atoms with Gasteiger partial charge < -0.3 is 5.73 Å². The van der Waals surface area contributed by atoms with Crippen molar-refractivity contribution in [3.05, 3.63) is 65.0 Å². The molecule has 0 radical (unpaired) electrons. The molecule has 0 aliphatic carbocycles. The molecule has 88 valence electrons. The highest BCUT2D eigenvalue weighted by atomic mass is 14.7. The minimum atomic E-state index is 0.0411. The number of rotatable bonds is 3. The highest BCUT2D eigenvalue weighted by molar-refractivity contribution is 5.25. The zero-order valence-electron chi connectivity index (χ0n) is 10.4. The Morgan fingerprint density at radius 2 is 1.82 bits per heavy atom. The molecular weight excluding hydrogens is 208 g/mol. The van der Waals surface area contributed by atoms with Gasteiger partial charge in [0, 0.05) is 17.9 Å². The van der Waals surface area contributed by atoms with Crippen molar-refractivity contribution in [2.45, 2.75) is 26.3 Å². The summed E-state index contributed by atoms with van der Waals surface area (Å²) in [4.78, 5) is 4.19. The Bertz CT molecular complexity index is 489. The van der Waals surface area contributed by atoms with E-state index in [-0.39, 0.29) is 6.04 Å². The van der Waals surface area contributed by atoms with E-state index in [1.807, 2.05) is 19.2 Å². The molecule has 0 amide bonds. The summed E-state index contributed by atoms with van der Waals surface area (Å²) in [5.74, 6) is 0. The zero-order chi connectivity index (χ0) is 12.3. The van der Waals surface area contributed by atoms with E-state index in [4.69, 9.17) is 5.73 Å². The van der Waals surface area contributed by atoms with Gasteiger partial charge in [0.05, 0.1) is 0 Å². The number of hydrogen-bond acceptors (Lipinski definition) is 2. The van der Waals surface area contributed by atoms with Crippen molar-refractivity contribution in [1.29, 1.82) is 0 Å². The van der Waals surface area contributed by atoms with Crippen LogP contribution in [0, 0.1) is 13.8 Å². The van der Waals surface area contributed by atoms with E-state index in [1.54, 1.807) is 0 Å². The molecule has 1 aromatic heterocycles. The molecule has 2 N–H and O–H groups in total. The standard InChI is InChI=1S/C15H18N2/c1-11-3-5-13(6-4-11)10-15(16)14-7-8-17-12(2)9-14/h3-9,15H,10,16H2,1-2H3. The van der Waals surface area contributed by atoms with Crippen molar-refractivity contribution in [1.82, 2.24) is 4.98 Å². The van der Waals surface area contributed by atoms with Crippen molar-refractivity contribution in [3.63, 3.8) is 0 Å². The van der Waals surface area contributed by atoms with Crippen LogP contribution < -0.4 is 5.73 Å². The van der Waals surface area contributed by atoms with Crippen LogP contribution in [0.4, 0.5) is 0 Å². The van der Waals surface area contributed by atoms with Crippen molar-refractivity contribution >= 4 is 0 Å². The van der Waals surface area contributed by atoms with Gasteiger partial charge in [-0.3, -0.25) is 4.98 Å². The number of benzene rings is 1. The van der Waals surface area contributed by atoms with Crippen LogP contribution in [0.2, 0.25) is 0 Å². The Balaban J connectivity index is 2.11. The van der Waals surface area contributed by atoms with Crippen LogP contribution >= 0.6 is 0 Å². The van der Waals surface area contributed by atoms with Gasteiger partial charge in [0.1, 0.15) is 0 Å². The lowest BCUT2D eigenvalue weighted by Crippen LogP contribution is -2.13. The second-order valence-electron chi connectivity index (χ2n) is 4.53. The monoisotopic (exact) mass is 226 g/mol. The van der Waals surface area contributed by atoms with Crippen molar-refractivity contribution in [2.24, 2.45) is 5.73 Å². The lowest BCUT2D eigenvalue weighted by Gasteiger charge is -2.12.